The molecule has 0 saturated heterocycles. The molecule has 8 heteroatoms. The molecule has 0 aliphatic heterocycles. The molecular formula is C18H18BrF3O4. The lowest BCUT2D eigenvalue weighted by Crippen LogP contribution is -2.25. The quantitative estimate of drug-likeness (QED) is 0.660. The number of allylic oxidation sites excluding steroid dienone is 2. The highest BCUT2D eigenvalue weighted by Gasteiger charge is 2.42. The molecule has 0 amide bonds. The van der Waals surface area contributed by atoms with Crippen LogP contribution in [0.5, 0.6) is 11.5 Å². The summed E-state index contributed by atoms with van der Waals surface area (Å²) in [5.41, 5.74) is 0.152. The predicted molar refractivity (Wildman–Crippen MR) is 94.1 cm³/mol. The SMILES string of the molecule is CCOc1cc(/C=C2\CCCCC(C(=O)C(F)(F)F)=C2O)cc(Br)c1O. The van der Waals surface area contributed by atoms with Gasteiger partial charge in [0.05, 0.1) is 11.1 Å². The van der Waals surface area contributed by atoms with E-state index in [1.165, 1.54) is 12.1 Å². The molecule has 2 N–H and O–H groups in total. The number of hydrogen-bond acceptors (Lipinski definition) is 4. The Hall–Kier alpha value is -1.96. The number of hydrogen-bond donors (Lipinski definition) is 2. The highest BCUT2D eigenvalue weighted by molar-refractivity contribution is 9.10. The summed E-state index contributed by atoms with van der Waals surface area (Å²) in [5.74, 6) is -2.52. The first-order chi connectivity index (χ1) is 12.1. The normalized spacial score (nSPS) is 17.3. The maximum Gasteiger partial charge on any atom is 0.454 e. The van der Waals surface area contributed by atoms with E-state index in [0.717, 1.165) is 0 Å². The van der Waals surface area contributed by atoms with Crippen molar-refractivity contribution in [2.45, 2.75) is 38.8 Å². The van der Waals surface area contributed by atoms with Crippen LogP contribution in [0.15, 0.2) is 33.5 Å². The van der Waals surface area contributed by atoms with Gasteiger partial charge in [-0.05, 0) is 77.9 Å². The summed E-state index contributed by atoms with van der Waals surface area (Å²) in [6.07, 6.45) is -2.39. The minimum Gasteiger partial charge on any atom is -0.507 e. The topological polar surface area (TPSA) is 66.8 Å². The van der Waals surface area contributed by atoms with Crippen LogP contribution in [0.2, 0.25) is 0 Å². The smallest absolute Gasteiger partial charge is 0.454 e. The predicted octanol–water partition coefficient (Wildman–Crippen LogP) is 5.45. The van der Waals surface area contributed by atoms with E-state index >= 15 is 0 Å². The van der Waals surface area contributed by atoms with Gasteiger partial charge in [0, 0.05) is 5.57 Å². The van der Waals surface area contributed by atoms with Crippen molar-refractivity contribution in [1.82, 2.24) is 0 Å². The van der Waals surface area contributed by atoms with E-state index in [2.05, 4.69) is 15.9 Å². The van der Waals surface area contributed by atoms with E-state index in [-0.39, 0.29) is 23.5 Å². The zero-order valence-corrected chi connectivity index (χ0v) is 15.6. The summed E-state index contributed by atoms with van der Waals surface area (Å²) >= 11 is 3.19. The number of ketones is 1. The van der Waals surface area contributed by atoms with Crippen molar-refractivity contribution in [2.75, 3.05) is 6.61 Å². The number of Topliss-reactive ketones (excluding diaryl/α,β-unsaturated/α-hetero) is 1. The van der Waals surface area contributed by atoms with E-state index in [9.17, 15) is 28.2 Å². The Morgan fingerprint density at radius 3 is 2.54 bits per heavy atom. The molecule has 1 aromatic rings. The van der Waals surface area contributed by atoms with Crippen LogP contribution in [-0.2, 0) is 4.79 Å². The van der Waals surface area contributed by atoms with Crippen LogP contribution in [0.3, 0.4) is 0 Å². The number of benzene rings is 1. The molecule has 0 radical (unpaired) electrons. The third-order valence-electron chi connectivity index (χ3n) is 3.94. The van der Waals surface area contributed by atoms with Gasteiger partial charge in [-0.25, -0.2) is 0 Å². The third kappa shape index (κ3) is 4.60. The largest absolute Gasteiger partial charge is 0.507 e. The van der Waals surface area contributed by atoms with Gasteiger partial charge < -0.3 is 14.9 Å². The van der Waals surface area contributed by atoms with Gasteiger partial charge in [-0.2, -0.15) is 13.2 Å². The number of ether oxygens (including phenoxy) is 1. The fraction of sp³-hybridized carbons (Fsp3) is 0.389. The number of aromatic hydroxyl groups is 1. The van der Waals surface area contributed by atoms with Crippen LogP contribution in [-0.4, -0.2) is 28.8 Å². The zero-order chi connectivity index (χ0) is 19.5. The van der Waals surface area contributed by atoms with Crippen LogP contribution in [0.4, 0.5) is 13.2 Å². The lowest BCUT2D eigenvalue weighted by molar-refractivity contribution is -0.166. The number of aliphatic hydroxyl groups excluding tert-OH is 1. The van der Waals surface area contributed by atoms with Gasteiger partial charge in [0.2, 0.25) is 0 Å². The number of phenolic OH excluding ortho intramolecular Hbond substituents is 1. The van der Waals surface area contributed by atoms with Crippen molar-refractivity contribution >= 4 is 27.8 Å². The van der Waals surface area contributed by atoms with Gasteiger partial charge >= 0.3 is 6.18 Å². The van der Waals surface area contributed by atoms with Crippen LogP contribution in [0.1, 0.15) is 38.2 Å². The highest BCUT2D eigenvalue weighted by atomic mass is 79.9. The van der Waals surface area contributed by atoms with Crippen molar-refractivity contribution in [3.05, 3.63) is 39.1 Å². The average molecular weight is 435 g/mol. The van der Waals surface area contributed by atoms with Crippen molar-refractivity contribution in [2.24, 2.45) is 0 Å². The average Bonchev–Trinajstić information content (AvgIpc) is 2.73. The van der Waals surface area contributed by atoms with Gasteiger partial charge in [-0.1, -0.05) is 0 Å². The number of rotatable bonds is 4. The summed E-state index contributed by atoms with van der Waals surface area (Å²) in [7, 11) is 0. The number of carbonyl (C=O) groups is 1. The standard InChI is InChI=1S/C18H18BrF3O4/c1-2-26-14-9-10(8-13(19)16(14)24)7-11-5-3-4-6-12(15(11)23)17(25)18(20,21)22/h7-9,23-24H,2-6H2,1H3/b11-7+. The maximum absolute atomic E-state index is 12.8. The molecule has 0 spiro atoms. The number of alkyl halides is 3. The Balaban J connectivity index is 2.50. The molecule has 0 heterocycles. The van der Waals surface area contributed by atoms with E-state index in [4.69, 9.17) is 4.74 Å². The molecule has 26 heavy (non-hydrogen) atoms. The second kappa shape index (κ2) is 8.16. The first-order valence-electron chi connectivity index (χ1n) is 8.05. The van der Waals surface area contributed by atoms with Crippen molar-refractivity contribution in [1.29, 1.82) is 0 Å². The molecule has 0 aromatic heterocycles. The fourth-order valence-corrected chi connectivity index (χ4v) is 3.18. The molecule has 0 unspecified atom stereocenters. The van der Waals surface area contributed by atoms with Crippen LogP contribution >= 0.6 is 15.9 Å². The first-order valence-corrected chi connectivity index (χ1v) is 8.84. The molecule has 1 aliphatic carbocycles. The first kappa shape index (κ1) is 20.4. The summed E-state index contributed by atoms with van der Waals surface area (Å²) < 4.78 is 44.0. The molecular weight excluding hydrogens is 417 g/mol. The van der Waals surface area contributed by atoms with E-state index in [1.54, 1.807) is 13.0 Å². The monoisotopic (exact) mass is 434 g/mol. The Labute approximate surface area is 157 Å². The Morgan fingerprint density at radius 2 is 1.92 bits per heavy atom. The molecule has 0 atom stereocenters. The van der Waals surface area contributed by atoms with Crippen LogP contribution < -0.4 is 4.74 Å². The van der Waals surface area contributed by atoms with Crippen LogP contribution in [0, 0.1) is 0 Å². The molecule has 2 rings (SSSR count). The molecule has 1 aromatic carbocycles. The summed E-state index contributed by atoms with van der Waals surface area (Å²) in [6.45, 7) is 2.06. The maximum atomic E-state index is 12.8. The number of carbonyl (C=O) groups excluding carboxylic acids is 1. The Morgan fingerprint density at radius 1 is 1.27 bits per heavy atom. The minimum atomic E-state index is -5.03. The number of phenols is 1. The molecule has 0 fully saturated rings. The highest BCUT2D eigenvalue weighted by Crippen LogP contribution is 2.38. The summed E-state index contributed by atoms with van der Waals surface area (Å²) in [6, 6.07) is 3.06. The van der Waals surface area contributed by atoms with Crippen LogP contribution in [0.25, 0.3) is 6.08 Å². The third-order valence-corrected chi connectivity index (χ3v) is 4.54. The zero-order valence-electron chi connectivity index (χ0n) is 14.0. The lowest BCUT2D eigenvalue weighted by atomic mass is 10.0. The van der Waals surface area contributed by atoms with Gasteiger partial charge in [0.25, 0.3) is 5.78 Å². The van der Waals surface area contributed by atoms with E-state index in [0.29, 0.717) is 35.9 Å². The molecule has 4 nitrogen and oxygen atoms in total. The van der Waals surface area contributed by atoms with Gasteiger partial charge in [-0.3, -0.25) is 4.79 Å². The summed E-state index contributed by atoms with van der Waals surface area (Å²) in [4.78, 5) is 11.6. The van der Waals surface area contributed by atoms with Gasteiger partial charge in [-0.15, -0.1) is 0 Å². The number of aliphatic hydroxyl groups is 1. The summed E-state index contributed by atoms with van der Waals surface area (Å²) in [5, 5.41) is 20.2. The van der Waals surface area contributed by atoms with Gasteiger partial charge in [0.1, 0.15) is 5.76 Å². The molecule has 142 valence electrons. The molecule has 0 bridgehead atoms. The molecule has 0 saturated carbocycles. The van der Waals surface area contributed by atoms with Gasteiger partial charge in [0.15, 0.2) is 11.5 Å². The van der Waals surface area contributed by atoms with Crippen molar-refractivity contribution in [3.63, 3.8) is 0 Å². The molecule has 1 aliphatic rings. The second-order valence-corrected chi connectivity index (χ2v) is 6.67. The van der Waals surface area contributed by atoms with E-state index in [1.807, 2.05) is 0 Å². The van der Waals surface area contributed by atoms with E-state index < -0.39 is 23.3 Å². The second-order valence-electron chi connectivity index (χ2n) is 5.81. The fourth-order valence-electron chi connectivity index (χ4n) is 2.72. The Bertz CT molecular complexity index is 766. The number of halogens is 4. The Kier molecular flexibility index (Phi) is 6.39. The van der Waals surface area contributed by atoms with Crippen molar-refractivity contribution in [3.8, 4) is 11.5 Å². The lowest BCUT2D eigenvalue weighted by Gasteiger charge is -2.12. The minimum absolute atomic E-state index is 0.0948. The van der Waals surface area contributed by atoms with Crippen molar-refractivity contribution < 1.29 is 32.9 Å².